The predicted molar refractivity (Wildman–Crippen MR) is 95.1 cm³/mol. The summed E-state index contributed by atoms with van der Waals surface area (Å²) in [6.07, 6.45) is 1.41. The predicted octanol–water partition coefficient (Wildman–Crippen LogP) is 3.16. The minimum Gasteiger partial charge on any atom is -0.506 e. The van der Waals surface area contributed by atoms with Gasteiger partial charge in [0, 0.05) is 18.5 Å². The van der Waals surface area contributed by atoms with E-state index in [1.165, 1.54) is 6.33 Å². The summed E-state index contributed by atoms with van der Waals surface area (Å²) in [7, 11) is 0. The Balaban J connectivity index is 1.66. The van der Waals surface area contributed by atoms with Crippen LogP contribution in [-0.2, 0) is 4.74 Å². The van der Waals surface area contributed by atoms with Crippen LogP contribution >= 0.6 is 0 Å². The number of carbonyl (C=O) groups is 1. The molecular weight excluding hydrogens is 334 g/mol. The fourth-order valence-electron chi connectivity index (χ4n) is 2.89. The van der Waals surface area contributed by atoms with E-state index >= 15 is 0 Å². The van der Waals surface area contributed by atoms with E-state index in [-0.39, 0.29) is 23.2 Å². The third-order valence-corrected chi connectivity index (χ3v) is 4.26. The van der Waals surface area contributed by atoms with Gasteiger partial charge in [-0.3, -0.25) is 4.79 Å². The number of carbonyl (C=O) groups excluding carboxylic acids is 1. The number of nitrogens with zero attached hydrogens (tertiary/aromatic N) is 4. The van der Waals surface area contributed by atoms with Gasteiger partial charge in [0.25, 0.3) is 5.91 Å². The van der Waals surface area contributed by atoms with Crippen molar-refractivity contribution in [3.8, 4) is 5.75 Å². The van der Waals surface area contributed by atoms with Crippen LogP contribution in [0.1, 0.15) is 10.5 Å². The van der Waals surface area contributed by atoms with Crippen molar-refractivity contribution in [3.05, 3.63) is 48.4 Å². The van der Waals surface area contributed by atoms with E-state index in [4.69, 9.17) is 4.74 Å². The third kappa shape index (κ3) is 3.02. The zero-order chi connectivity index (χ0) is 17.9. The molecule has 4 rings (SSSR count). The number of aromatic hydroxyl groups is 1. The van der Waals surface area contributed by atoms with E-state index in [2.05, 4.69) is 20.2 Å². The first-order valence-corrected chi connectivity index (χ1v) is 8.27. The molecule has 1 aromatic heterocycles. The van der Waals surface area contributed by atoms with Crippen LogP contribution in [0.4, 0.5) is 11.5 Å². The molecule has 0 radical (unpaired) electrons. The van der Waals surface area contributed by atoms with E-state index in [0.717, 1.165) is 10.8 Å². The lowest BCUT2D eigenvalue weighted by Crippen LogP contribution is -2.40. The first-order chi connectivity index (χ1) is 12.7. The standard InChI is InChI=1S/C18H17N5O3/c24-14-6-5-12-3-1-2-4-13(12)15(14)21-22-17-16(19-11-20-17)18(25)23-7-9-26-10-8-23/h1-6,11,24H,7-10H2,(H,19,20). The molecule has 26 heavy (non-hydrogen) atoms. The van der Waals surface area contributed by atoms with Crippen molar-refractivity contribution in [2.75, 3.05) is 26.3 Å². The van der Waals surface area contributed by atoms with Gasteiger partial charge in [0.05, 0.1) is 19.5 Å². The molecule has 132 valence electrons. The molecule has 1 amide bonds. The number of H-pyrrole nitrogens is 1. The molecule has 0 aliphatic carbocycles. The molecule has 0 saturated carbocycles. The highest BCUT2D eigenvalue weighted by Gasteiger charge is 2.23. The number of morpholine rings is 1. The van der Waals surface area contributed by atoms with Crippen LogP contribution in [-0.4, -0.2) is 52.2 Å². The number of benzene rings is 2. The highest BCUT2D eigenvalue weighted by Crippen LogP contribution is 2.36. The lowest BCUT2D eigenvalue weighted by molar-refractivity contribution is 0.0300. The maximum absolute atomic E-state index is 12.6. The number of fused-ring (bicyclic) bond motifs is 1. The number of ether oxygens (including phenoxy) is 1. The third-order valence-electron chi connectivity index (χ3n) is 4.26. The van der Waals surface area contributed by atoms with Gasteiger partial charge in [0.15, 0.2) is 5.69 Å². The minimum absolute atomic E-state index is 0.0176. The van der Waals surface area contributed by atoms with Crippen molar-refractivity contribution < 1.29 is 14.6 Å². The second-order valence-electron chi connectivity index (χ2n) is 5.86. The van der Waals surface area contributed by atoms with Gasteiger partial charge >= 0.3 is 0 Å². The lowest BCUT2D eigenvalue weighted by atomic mass is 10.1. The number of amides is 1. The number of hydrogen-bond donors (Lipinski definition) is 2. The average molecular weight is 351 g/mol. The molecule has 0 atom stereocenters. The van der Waals surface area contributed by atoms with Crippen molar-refractivity contribution >= 4 is 28.2 Å². The molecule has 2 N–H and O–H groups in total. The number of phenolic OH excluding ortho intramolecular Hbond substituents is 1. The number of nitrogens with one attached hydrogen (secondary N) is 1. The molecule has 3 aromatic rings. The Hall–Kier alpha value is -3.26. The van der Waals surface area contributed by atoms with Crippen LogP contribution in [0.5, 0.6) is 5.75 Å². The summed E-state index contributed by atoms with van der Waals surface area (Å²) < 4.78 is 5.27. The molecule has 1 saturated heterocycles. The molecule has 1 aliphatic rings. The van der Waals surface area contributed by atoms with Gasteiger partial charge in [-0.1, -0.05) is 30.3 Å². The summed E-state index contributed by atoms with van der Waals surface area (Å²) in [5, 5.41) is 20.1. The summed E-state index contributed by atoms with van der Waals surface area (Å²) in [6, 6.07) is 10.9. The van der Waals surface area contributed by atoms with Crippen molar-refractivity contribution in [1.82, 2.24) is 14.9 Å². The molecule has 2 aromatic carbocycles. The zero-order valence-corrected chi connectivity index (χ0v) is 13.9. The van der Waals surface area contributed by atoms with E-state index in [1.807, 2.05) is 30.3 Å². The number of rotatable bonds is 3. The number of azo groups is 1. The topological polar surface area (TPSA) is 103 Å². The Morgan fingerprint density at radius 3 is 2.81 bits per heavy atom. The molecule has 1 fully saturated rings. The van der Waals surface area contributed by atoms with Crippen molar-refractivity contribution in [3.63, 3.8) is 0 Å². The van der Waals surface area contributed by atoms with Crippen LogP contribution < -0.4 is 0 Å². The molecule has 0 bridgehead atoms. The Morgan fingerprint density at radius 1 is 1.15 bits per heavy atom. The smallest absolute Gasteiger partial charge is 0.274 e. The van der Waals surface area contributed by atoms with E-state index in [9.17, 15) is 9.90 Å². The molecule has 0 unspecified atom stereocenters. The first kappa shape index (κ1) is 16.2. The summed E-state index contributed by atoms with van der Waals surface area (Å²) in [5.74, 6) is 0.0137. The number of hydrogen-bond acceptors (Lipinski definition) is 6. The summed E-state index contributed by atoms with van der Waals surface area (Å²) in [4.78, 5) is 21.2. The number of imidazole rings is 1. The summed E-state index contributed by atoms with van der Waals surface area (Å²) in [5.41, 5.74) is 0.617. The average Bonchev–Trinajstić information content (AvgIpc) is 3.16. The largest absolute Gasteiger partial charge is 0.506 e. The second kappa shape index (κ2) is 6.93. The van der Waals surface area contributed by atoms with Crippen LogP contribution in [0.3, 0.4) is 0 Å². The molecule has 8 nitrogen and oxygen atoms in total. The number of aromatic nitrogens is 2. The van der Waals surface area contributed by atoms with Gasteiger partial charge in [0.2, 0.25) is 5.82 Å². The van der Waals surface area contributed by atoms with Gasteiger partial charge in [-0.25, -0.2) is 4.98 Å². The molecule has 1 aliphatic heterocycles. The minimum atomic E-state index is -0.193. The van der Waals surface area contributed by atoms with Crippen LogP contribution in [0.2, 0.25) is 0 Å². The first-order valence-electron chi connectivity index (χ1n) is 8.27. The van der Waals surface area contributed by atoms with Crippen LogP contribution in [0.25, 0.3) is 10.8 Å². The second-order valence-corrected chi connectivity index (χ2v) is 5.86. The van der Waals surface area contributed by atoms with Crippen LogP contribution in [0, 0.1) is 0 Å². The Morgan fingerprint density at radius 2 is 1.96 bits per heavy atom. The zero-order valence-electron chi connectivity index (χ0n) is 13.9. The monoisotopic (exact) mass is 351 g/mol. The van der Waals surface area contributed by atoms with Crippen LogP contribution in [0.15, 0.2) is 53.0 Å². The fraction of sp³-hybridized carbons (Fsp3) is 0.222. The van der Waals surface area contributed by atoms with Gasteiger partial charge < -0.3 is 19.7 Å². The quantitative estimate of drug-likeness (QED) is 0.707. The normalized spacial score (nSPS) is 15.0. The highest BCUT2D eigenvalue weighted by atomic mass is 16.5. The van der Waals surface area contributed by atoms with Gasteiger partial charge in [0.1, 0.15) is 11.4 Å². The van der Waals surface area contributed by atoms with E-state index < -0.39 is 0 Å². The molecule has 8 heteroatoms. The Kier molecular flexibility index (Phi) is 4.32. The summed E-state index contributed by atoms with van der Waals surface area (Å²) >= 11 is 0. The van der Waals surface area contributed by atoms with Crippen molar-refractivity contribution in [2.45, 2.75) is 0 Å². The molecule has 0 spiro atoms. The SMILES string of the molecule is O=C(c1[nH]cnc1N=Nc1c(O)ccc2ccccc12)N1CCOCC1. The molecular formula is C18H17N5O3. The van der Waals surface area contributed by atoms with Gasteiger partial charge in [-0.05, 0) is 11.5 Å². The highest BCUT2D eigenvalue weighted by molar-refractivity contribution is 5.97. The van der Waals surface area contributed by atoms with Gasteiger partial charge in [-0.15, -0.1) is 10.2 Å². The fourth-order valence-corrected chi connectivity index (χ4v) is 2.89. The van der Waals surface area contributed by atoms with Gasteiger partial charge in [-0.2, -0.15) is 0 Å². The Bertz CT molecular complexity index is 976. The van der Waals surface area contributed by atoms with Crippen molar-refractivity contribution in [1.29, 1.82) is 0 Å². The van der Waals surface area contributed by atoms with E-state index in [0.29, 0.717) is 32.0 Å². The number of aromatic amines is 1. The maximum Gasteiger partial charge on any atom is 0.274 e. The number of phenols is 1. The summed E-state index contributed by atoms with van der Waals surface area (Å²) in [6.45, 7) is 2.08. The Labute approximate surface area is 149 Å². The molecule has 2 heterocycles. The lowest BCUT2D eigenvalue weighted by Gasteiger charge is -2.26. The van der Waals surface area contributed by atoms with E-state index in [1.54, 1.807) is 11.0 Å². The maximum atomic E-state index is 12.6. The van der Waals surface area contributed by atoms with Crippen molar-refractivity contribution in [2.24, 2.45) is 10.2 Å².